The summed E-state index contributed by atoms with van der Waals surface area (Å²) in [5.41, 5.74) is 0.965. The van der Waals surface area contributed by atoms with E-state index in [4.69, 9.17) is 4.84 Å². The number of alkyl halides is 3. The normalized spacial score (nSPS) is 12.2. The Kier molecular flexibility index (Phi) is 4.95. The van der Waals surface area contributed by atoms with Gasteiger partial charge in [0.2, 0.25) is 0 Å². The monoisotopic (exact) mass is 343 g/mol. The molecular formula is C15H16F3N3O3. The number of rotatable bonds is 5. The highest BCUT2D eigenvalue weighted by Crippen LogP contribution is 2.31. The summed E-state index contributed by atoms with van der Waals surface area (Å²) in [6, 6.07) is 4.32. The molecule has 0 fully saturated rings. The molecule has 1 aromatic heterocycles. The first-order valence-electron chi connectivity index (χ1n) is 6.93. The zero-order valence-electron chi connectivity index (χ0n) is 12.9. The van der Waals surface area contributed by atoms with Crippen molar-refractivity contribution in [2.45, 2.75) is 25.6 Å². The van der Waals surface area contributed by atoms with Gasteiger partial charge in [0.25, 0.3) is 5.91 Å². The molecule has 0 aliphatic carbocycles. The zero-order valence-corrected chi connectivity index (χ0v) is 12.9. The van der Waals surface area contributed by atoms with E-state index < -0.39 is 23.2 Å². The van der Waals surface area contributed by atoms with Crippen molar-refractivity contribution in [3.8, 4) is 11.3 Å². The van der Waals surface area contributed by atoms with Crippen molar-refractivity contribution in [2.75, 3.05) is 6.61 Å². The summed E-state index contributed by atoms with van der Waals surface area (Å²) >= 11 is 0. The smallest absolute Gasteiger partial charge is 0.388 e. The minimum Gasteiger partial charge on any atom is -0.388 e. The molecule has 0 radical (unpaired) electrons. The standard InChI is InChI=1S/C15H16F3N3O3/c1-14(2,23)8-24-21-13(22)11-7-19-20-12(11)9-3-5-10(6-4-9)15(16,17)18/h3-7,23H,8H2,1-2H3,(H,19,20)(H,21,22). The molecule has 0 spiro atoms. The Bertz CT molecular complexity index is 703. The van der Waals surface area contributed by atoms with Crippen molar-refractivity contribution in [1.82, 2.24) is 15.7 Å². The molecule has 1 aromatic carbocycles. The summed E-state index contributed by atoms with van der Waals surface area (Å²) in [5, 5.41) is 15.8. The van der Waals surface area contributed by atoms with E-state index in [1.54, 1.807) is 0 Å². The number of hydroxylamine groups is 1. The van der Waals surface area contributed by atoms with Gasteiger partial charge in [0, 0.05) is 5.56 Å². The van der Waals surface area contributed by atoms with Crippen molar-refractivity contribution < 1.29 is 27.9 Å². The average Bonchev–Trinajstić information content (AvgIpc) is 2.94. The minimum absolute atomic E-state index is 0.102. The zero-order chi connectivity index (χ0) is 18.0. The van der Waals surface area contributed by atoms with Crippen LogP contribution in [0.1, 0.15) is 29.8 Å². The molecule has 3 N–H and O–H groups in total. The Morgan fingerprint density at radius 2 is 1.92 bits per heavy atom. The van der Waals surface area contributed by atoms with Crippen LogP contribution in [-0.4, -0.2) is 33.4 Å². The number of hydrogen-bond donors (Lipinski definition) is 3. The number of amides is 1. The molecule has 0 saturated carbocycles. The van der Waals surface area contributed by atoms with Gasteiger partial charge in [-0.3, -0.25) is 14.7 Å². The lowest BCUT2D eigenvalue weighted by Gasteiger charge is -2.16. The van der Waals surface area contributed by atoms with E-state index >= 15 is 0 Å². The summed E-state index contributed by atoms with van der Waals surface area (Å²) in [4.78, 5) is 17.0. The second-order valence-electron chi connectivity index (χ2n) is 5.77. The number of halogens is 3. The van der Waals surface area contributed by atoms with Gasteiger partial charge in [0.15, 0.2) is 0 Å². The predicted octanol–water partition coefficient (Wildman–Crippen LogP) is 2.53. The first-order chi connectivity index (χ1) is 11.1. The largest absolute Gasteiger partial charge is 0.416 e. The van der Waals surface area contributed by atoms with E-state index in [-0.39, 0.29) is 17.9 Å². The summed E-state index contributed by atoms with van der Waals surface area (Å²) in [6.07, 6.45) is -3.20. The average molecular weight is 343 g/mol. The summed E-state index contributed by atoms with van der Waals surface area (Å²) < 4.78 is 37.8. The summed E-state index contributed by atoms with van der Waals surface area (Å²) in [7, 11) is 0. The number of hydrogen-bond acceptors (Lipinski definition) is 4. The number of nitrogens with one attached hydrogen (secondary N) is 2. The molecule has 2 rings (SSSR count). The van der Waals surface area contributed by atoms with Crippen molar-refractivity contribution >= 4 is 5.91 Å². The third kappa shape index (κ3) is 4.56. The Labute approximate surface area is 135 Å². The van der Waals surface area contributed by atoms with Crippen LogP contribution in [0.15, 0.2) is 30.5 Å². The van der Waals surface area contributed by atoms with Crippen molar-refractivity contribution in [1.29, 1.82) is 0 Å². The SMILES string of the molecule is CC(C)(O)CONC(=O)c1cn[nH]c1-c1ccc(C(F)(F)F)cc1. The van der Waals surface area contributed by atoms with Crippen molar-refractivity contribution in [3.63, 3.8) is 0 Å². The van der Waals surface area contributed by atoms with E-state index in [2.05, 4.69) is 15.7 Å². The molecule has 2 aromatic rings. The second kappa shape index (κ2) is 6.62. The maximum atomic E-state index is 12.6. The molecule has 0 bridgehead atoms. The van der Waals surface area contributed by atoms with Crippen LogP contribution in [-0.2, 0) is 11.0 Å². The Morgan fingerprint density at radius 3 is 2.46 bits per heavy atom. The van der Waals surface area contributed by atoms with Crippen LogP contribution >= 0.6 is 0 Å². The van der Waals surface area contributed by atoms with Gasteiger partial charge < -0.3 is 5.11 Å². The third-order valence-electron chi connectivity index (χ3n) is 2.98. The maximum absolute atomic E-state index is 12.6. The molecule has 1 heterocycles. The van der Waals surface area contributed by atoms with E-state index in [1.807, 2.05) is 0 Å². The fourth-order valence-electron chi connectivity index (χ4n) is 1.84. The first-order valence-corrected chi connectivity index (χ1v) is 6.93. The summed E-state index contributed by atoms with van der Waals surface area (Å²) in [6.45, 7) is 2.88. The molecule has 9 heteroatoms. The molecule has 0 aliphatic heterocycles. The lowest BCUT2D eigenvalue weighted by molar-refractivity contribution is -0.137. The number of H-pyrrole nitrogens is 1. The van der Waals surface area contributed by atoms with Crippen LogP contribution in [0.4, 0.5) is 13.2 Å². The maximum Gasteiger partial charge on any atom is 0.416 e. The molecule has 1 amide bonds. The van der Waals surface area contributed by atoms with Gasteiger partial charge in [-0.2, -0.15) is 18.3 Å². The first kappa shape index (κ1) is 18.0. The topological polar surface area (TPSA) is 87.2 Å². The fourth-order valence-corrected chi connectivity index (χ4v) is 1.84. The highest BCUT2D eigenvalue weighted by Gasteiger charge is 2.30. The molecule has 0 atom stereocenters. The van der Waals surface area contributed by atoms with E-state index in [9.17, 15) is 23.1 Å². The highest BCUT2D eigenvalue weighted by atomic mass is 19.4. The third-order valence-corrected chi connectivity index (χ3v) is 2.98. The number of benzene rings is 1. The van der Waals surface area contributed by atoms with Gasteiger partial charge in [-0.1, -0.05) is 12.1 Å². The highest BCUT2D eigenvalue weighted by molar-refractivity contribution is 5.99. The number of carbonyl (C=O) groups excluding carboxylic acids is 1. The van der Waals surface area contributed by atoms with Crippen LogP contribution in [0, 0.1) is 0 Å². The van der Waals surface area contributed by atoms with E-state index in [0.717, 1.165) is 12.1 Å². The number of aromatic nitrogens is 2. The quantitative estimate of drug-likeness (QED) is 0.728. The lowest BCUT2D eigenvalue weighted by atomic mass is 10.1. The lowest BCUT2D eigenvalue weighted by Crippen LogP contribution is -2.33. The van der Waals surface area contributed by atoms with Crippen LogP contribution < -0.4 is 5.48 Å². The Hall–Kier alpha value is -2.39. The van der Waals surface area contributed by atoms with Gasteiger partial charge in [-0.05, 0) is 26.0 Å². The minimum atomic E-state index is -4.43. The van der Waals surface area contributed by atoms with Gasteiger partial charge in [0.1, 0.15) is 6.61 Å². The van der Waals surface area contributed by atoms with Crippen LogP contribution in [0.3, 0.4) is 0 Å². The molecule has 0 aliphatic rings. The van der Waals surface area contributed by atoms with Crippen molar-refractivity contribution in [2.24, 2.45) is 0 Å². The number of aliphatic hydroxyl groups is 1. The van der Waals surface area contributed by atoms with E-state index in [0.29, 0.717) is 5.56 Å². The molecule has 6 nitrogen and oxygen atoms in total. The van der Waals surface area contributed by atoms with Crippen LogP contribution in [0.5, 0.6) is 0 Å². The van der Waals surface area contributed by atoms with Gasteiger partial charge in [-0.25, -0.2) is 5.48 Å². The van der Waals surface area contributed by atoms with Crippen LogP contribution in [0.2, 0.25) is 0 Å². The predicted molar refractivity (Wildman–Crippen MR) is 78.7 cm³/mol. The second-order valence-corrected chi connectivity index (χ2v) is 5.77. The Morgan fingerprint density at radius 1 is 1.29 bits per heavy atom. The number of nitrogens with zero attached hydrogens (tertiary/aromatic N) is 1. The molecule has 0 saturated heterocycles. The van der Waals surface area contributed by atoms with Crippen LogP contribution in [0.25, 0.3) is 11.3 Å². The Balaban J connectivity index is 2.14. The number of carbonyl (C=O) groups is 1. The van der Waals surface area contributed by atoms with Gasteiger partial charge in [-0.15, -0.1) is 0 Å². The number of aromatic amines is 1. The van der Waals surface area contributed by atoms with E-state index in [1.165, 1.54) is 32.2 Å². The molecular weight excluding hydrogens is 327 g/mol. The van der Waals surface area contributed by atoms with Gasteiger partial charge in [0.05, 0.1) is 28.6 Å². The fraction of sp³-hybridized carbons (Fsp3) is 0.333. The molecule has 24 heavy (non-hydrogen) atoms. The van der Waals surface area contributed by atoms with Crippen molar-refractivity contribution in [3.05, 3.63) is 41.6 Å². The van der Waals surface area contributed by atoms with Gasteiger partial charge >= 0.3 is 6.18 Å². The summed E-state index contributed by atoms with van der Waals surface area (Å²) in [5.74, 6) is -0.636. The molecule has 0 unspecified atom stereocenters. The molecule has 130 valence electrons.